The van der Waals surface area contributed by atoms with Crippen LogP contribution in [0.25, 0.3) is 0 Å². The molecule has 2 fully saturated rings. The summed E-state index contributed by atoms with van der Waals surface area (Å²) in [4.78, 5) is 46.0. The van der Waals surface area contributed by atoms with E-state index in [1.54, 1.807) is 6.92 Å². The average Bonchev–Trinajstić information content (AvgIpc) is 2.37. The maximum atomic E-state index is 11.8. The van der Waals surface area contributed by atoms with E-state index in [1.807, 2.05) is 0 Å². The molecule has 1 saturated heterocycles. The van der Waals surface area contributed by atoms with Gasteiger partial charge in [-0.1, -0.05) is 0 Å². The van der Waals surface area contributed by atoms with Crippen LogP contribution < -0.4 is 5.32 Å². The lowest BCUT2D eigenvalue weighted by atomic mass is 9.75. The summed E-state index contributed by atoms with van der Waals surface area (Å²) in [5, 5.41) is 2.54. The predicted molar refractivity (Wildman–Crippen MR) is 73.1 cm³/mol. The molecular weight excluding hydrogens is 310 g/mol. The van der Waals surface area contributed by atoms with Gasteiger partial charge in [-0.05, 0) is 6.92 Å². The van der Waals surface area contributed by atoms with Gasteiger partial charge in [0.1, 0.15) is 0 Å². The first-order valence-electron chi connectivity index (χ1n) is 7.13. The molecule has 0 aromatic heterocycles. The van der Waals surface area contributed by atoms with Crippen LogP contribution in [0.5, 0.6) is 0 Å². The molecule has 1 saturated carbocycles. The van der Waals surface area contributed by atoms with Crippen molar-refractivity contribution in [1.29, 1.82) is 0 Å². The first-order chi connectivity index (χ1) is 10.6. The molecule has 0 aromatic rings. The van der Waals surface area contributed by atoms with Gasteiger partial charge in [0.2, 0.25) is 0 Å². The number of nitrogens with one attached hydrogen (secondary N) is 1. The second-order valence-electron chi connectivity index (χ2n) is 5.84. The molecule has 1 N–H and O–H groups in total. The van der Waals surface area contributed by atoms with Gasteiger partial charge in [-0.2, -0.15) is 0 Å². The minimum Gasteiger partial charge on any atom is -0.456 e. The zero-order chi connectivity index (χ0) is 17.4. The number of hydrogen-bond donors (Lipinski definition) is 1. The number of rotatable bonds is 3. The van der Waals surface area contributed by atoms with Crippen LogP contribution in [0.15, 0.2) is 0 Å². The smallest absolute Gasteiger partial charge is 0.408 e. The molecule has 5 atom stereocenters. The number of fused-ring (bicyclic) bond motifs is 2. The molecule has 1 aliphatic carbocycles. The van der Waals surface area contributed by atoms with E-state index in [2.05, 4.69) is 5.32 Å². The SMILES string of the molecule is CC(=O)OC1C2CC(C)(OC(=O)N2)C(OC(C)=O)C1OC(C)=O. The Morgan fingerprint density at radius 2 is 1.57 bits per heavy atom. The Labute approximate surface area is 132 Å². The third-order valence-electron chi connectivity index (χ3n) is 3.77. The van der Waals surface area contributed by atoms with Crippen LogP contribution in [-0.2, 0) is 33.3 Å². The fourth-order valence-electron chi connectivity index (χ4n) is 3.08. The van der Waals surface area contributed by atoms with E-state index in [4.69, 9.17) is 18.9 Å². The van der Waals surface area contributed by atoms with E-state index in [0.29, 0.717) is 0 Å². The minimum absolute atomic E-state index is 0.229. The van der Waals surface area contributed by atoms with Crippen molar-refractivity contribution in [3.8, 4) is 0 Å². The molecule has 0 aromatic carbocycles. The number of ether oxygens (including phenoxy) is 4. The molecule has 1 amide bonds. The Morgan fingerprint density at radius 3 is 2.09 bits per heavy atom. The highest BCUT2D eigenvalue weighted by Crippen LogP contribution is 2.40. The topological polar surface area (TPSA) is 117 Å². The van der Waals surface area contributed by atoms with E-state index in [9.17, 15) is 19.2 Å². The normalized spacial score (nSPS) is 35.4. The molecule has 0 spiro atoms. The van der Waals surface area contributed by atoms with Crippen LogP contribution in [-0.4, -0.2) is 54.0 Å². The number of esters is 3. The van der Waals surface area contributed by atoms with Gasteiger partial charge in [-0.3, -0.25) is 14.4 Å². The maximum absolute atomic E-state index is 11.8. The molecule has 2 bridgehead atoms. The summed E-state index contributed by atoms with van der Waals surface area (Å²) in [6.07, 6.45) is -3.66. The summed E-state index contributed by atoms with van der Waals surface area (Å²) in [6.45, 7) is 5.14. The molecule has 9 heteroatoms. The van der Waals surface area contributed by atoms with Gasteiger partial charge < -0.3 is 24.3 Å². The highest BCUT2D eigenvalue weighted by atomic mass is 16.6. The van der Waals surface area contributed by atoms with Crippen LogP contribution in [0.2, 0.25) is 0 Å². The second-order valence-corrected chi connectivity index (χ2v) is 5.84. The van der Waals surface area contributed by atoms with E-state index in [0.717, 1.165) is 0 Å². The molecule has 1 aliphatic heterocycles. The van der Waals surface area contributed by atoms with Gasteiger partial charge in [0.25, 0.3) is 0 Å². The zero-order valence-corrected chi connectivity index (χ0v) is 13.3. The first kappa shape index (κ1) is 17.0. The molecular formula is C14H19NO8. The van der Waals surface area contributed by atoms with Crippen molar-refractivity contribution in [2.45, 2.75) is 64.1 Å². The standard InChI is InChI=1S/C14H19NO8/c1-6(16)20-10-9-5-14(4,23-13(19)15-9)12(22-8(3)18)11(10)21-7(2)17/h9-12H,5H2,1-4H3,(H,15,19). The molecule has 2 aliphatic rings. The molecule has 0 radical (unpaired) electrons. The van der Waals surface area contributed by atoms with Crippen LogP contribution in [0, 0.1) is 0 Å². The quantitative estimate of drug-likeness (QED) is 0.570. The summed E-state index contributed by atoms with van der Waals surface area (Å²) in [5.74, 6) is -1.89. The third kappa shape index (κ3) is 3.54. The van der Waals surface area contributed by atoms with Crippen LogP contribution in [0.1, 0.15) is 34.1 Å². The number of amides is 1. The Bertz CT molecular complexity index is 547. The molecule has 5 unspecified atom stereocenters. The summed E-state index contributed by atoms with van der Waals surface area (Å²) < 4.78 is 21.0. The summed E-state index contributed by atoms with van der Waals surface area (Å²) >= 11 is 0. The first-order valence-corrected chi connectivity index (χ1v) is 7.13. The molecule has 1 heterocycles. The summed E-state index contributed by atoms with van der Waals surface area (Å²) in [5.41, 5.74) is -1.20. The van der Waals surface area contributed by atoms with Crippen LogP contribution in [0.4, 0.5) is 4.79 Å². The Hall–Kier alpha value is -2.32. The fraction of sp³-hybridized carbons (Fsp3) is 0.714. The van der Waals surface area contributed by atoms with Gasteiger partial charge in [0.05, 0.1) is 6.04 Å². The van der Waals surface area contributed by atoms with Crippen molar-refractivity contribution >= 4 is 24.0 Å². The van der Waals surface area contributed by atoms with Gasteiger partial charge in [-0.25, -0.2) is 4.79 Å². The average molecular weight is 329 g/mol. The summed E-state index contributed by atoms with van der Waals surface area (Å²) in [6, 6.07) is -0.624. The highest BCUT2D eigenvalue weighted by Gasteiger charge is 2.61. The number of hydrogen-bond acceptors (Lipinski definition) is 8. The monoisotopic (exact) mass is 329 g/mol. The lowest BCUT2D eigenvalue weighted by Gasteiger charge is -2.52. The van der Waals surface area contributed by atoms with Crippen LogP contribution in [0.3, 0.4) is 0 Å². The number of alkyl carbamates (subject to hydrolysis) is 1. The fourth-order valence-corrected chi connectivity index (χ4v) is 3.08. The van der Waals surface area contributed by atoms with Crippen molar-refractivity contribution in [3.63, 3.8) is 0 Å². The van der Waals surface area contributed by atoms with Gasteiger partial charge >= 0.3 is 24.0 Å². The number of carbonyl (C=O) groups excluding carboxylic acids is 4. The number of carbonyl (C=O) groups is 4. The van der Waals surface area contributed by atoms with Crippen molar-refractivity contribution in [3.05, 3.63) is 0 Å². The summed E-state index contributed by atoms with van der Waals surface area (Å²) in [7, 11) is 0. The third-order valence-corrected chi connectivity index (χ3v) is 3.77. The van der Waals surface area contributed by atoms with E-state index >= 15 is 0 Å². The lowest BCUT2D eigenvalue weighted by molar-refractivity contribution is -0.233. The Balaban J connectivity index is 2.43. The van der Waals surface area contributed by atoms with Crippen molar-refractivity contribution in [1.82, 2.24) is 5.32 Å². The van der Waals surface area contributed by atoms with Gasteiger partial charge in [-0.15, -0.1) is 0 Å². The lowest BCUT2D eigenvalue weighted by Crippen LogP contribution is -2.72. The maximum Gasteiger partial charge on any atom is 0.408 e. The molecule has 23 heavy (non-hydrogen) atoms. The zero-order valence-electron chi connectivity index (χ0n) is 13.3. The molecule has 9 nitrogen and oxygen atoms in total. The predicted octanol–water partition coefficient (Wildman–Crippen LogP) is 0.0523. The highest BCUT2D eigenvalue weighted by molar-refractivity contribution is 5.72. The van der Waals surface area contributed by atoms with Crippen LogP contribution >= 0.6 is 0 Å². The van der Waals surface area contributed by atoms with E-state index < -0.39 is 54.0 Å². The van der Waals surface area contributed by atoms with Gasteiger partial charge in [0, 0.05) is 27.2 Å². The molecule has 128 valence electrons. The minimum atomic E-state index is -1.20. The Morgan fingerprint density at radius 1 is 1.04 bits per heavy atom. The largest absolute Gasteiger partial charge is 0.456 e. The Kier molecular flexibility index (Phi) is 4.49. The van der Waals surface area contributed by atoms with E-state index in [-0.39, 0.29) is 6.42 Å². The second kappa shape index (κ2) is 6.05. The van der Waals surface area contributed by atoms with Crippen molar-refractivity contribution < 1.29 is 38.1 Å². The van der Waals surface area contributed by atoms with Crippen molar-refractivity contribution in [2.24, 2.45) is 0 Å². The van der Waals surface area contributed by atoms with E-state index in [1.165, 1.54) is 20.8 Å². The van der Waals surface area contributed by atoms with Crippen molar-refractivity contribution in [2.75, 3.05) is 0 Å². The molecule has 2 rings (SSSR count). The van der Waals surface area contributed by atoms with Gasteiger partial charge in [0.15, 0.2) is 23.9 Å².